The topological polar surface area (TPSA) is 67.9 Å². The number of piperidine rings is 1. The average Bonchev–Trinajstić information content (AvgIpc) is 2.75. The van der Waals surface area contributed by atoms with Crippen molar-refractivity contribution in [2.75, 3.05) is 13.6 Å². The molecule has 0 bridgehead atoms. The van der Waals surface area contributed by atoms with Gasteiger partial charge in [-0.1, -0.05) is 0 Å². The molecule has 17 heavy (non-hydrogen) atoms. The molecule has 2 N–H and O–H groups in total. The van der Waals surface area contributed by atoms with Gasteiger partial charge in [-0.25, -0.2) is 9.97 Å². The van der Waals surface area contributed by atoms with Crippen LogP contribution in [0.25, 0.3) is 10.2 Å². The van der Waals surface area contributed by atoms with Gasteiger partial charge < -0.3 is 5.73 Å². The van der Waals surface area contributed by atoms with Crippen LogP contribution in [0, 0.1) is 0 Å². The maximum atomic E-state index is 5.95. The molecule has 90 valence electrons. The Kier molecular flexibility index (Phi) is 2.78. The van der Waals surface area contributed by atoms with Crippen LogP contribution in [0.1, 0.15) is 24.7 Å². The van der Waals surface area contributed by atoms with E-state index in [0.29, 0.717) is 6.04 Å². The molecule has 1 saturated heterocycles. The van der Waals surface area contributed by atoms with Crippen molar-refractivity contribution in [3.05, 3.63) is 18.2 Å². The van der Waals surface area contributed by atoms with E-state index in [1.54, 1.807) is 6.20 Å². The molecule has 0 saturated carbocycles. The van der Waals surface area contributed by atoms with Gasteiger partial charge in [-0.2, -0.15) is 4.37 Å². The van der Waals surface area contributed by atoms with Crippen LogP contribution in [-0.4, -0.2) is 38.9 Å². The zero-order chi connectivity index (χ0) is 11.8. The van der Waals surface area contributed by atoms with E-state index in [9.17, 15) is 0 Å². The third kappa shape index (κ3) is 2.03. The van der Waals surface area contributed by atoms with Crippen molar-refractivity contribution in [2.45, 2.75) is 24.9 Å². The Morgan fingerprint density at radius 2 is 2.29 bits per heavy atom. The minimum atomic E-state index is 0.280. The summed E-state index contributed by atoms with van der Waals surface area (Å²) in [6.45, 7) is 0.911. The van der Waals surface area contributed by atoms with Crippen LogP contribution < -0.4 is 5.73 Å². The summed E-state index contributed by atoms with van der Waals surface area (Å²) in [6.07, 6.45) is 5.75. The van der Waals surface area contributed by atoms with Gasteiger partial charge in [0.05, 0.1) is 23.1 Å². The molecule has 0 aliphatic carbocycles. The molecule has 3 rings (SSSR count). The van der Waals surface area contributed by atoms with E-state index in [-0.39, 0.29) is 6.04 Å². The third-order valence-corrected chi connectivity index (χ3v) is 4.01. The van der Waals surface area contributed by atoms with E-state index in [0.717, 1.165) is 35.4 Å². The second kappa shape index (κ2) is 4.29. The van der Waals surface area contributed by atoms with Crippen molar-refractivity contribution in [3.63, 3.8) is 0 Å². The predicted molar refractivity (Wildman–Crippen MR) is 67.8 cm³/mol. The predicted octanol–water partition coefficient (Wildman–Crippen LogP) is 1.18. The Morgan fingerprint density at radius 3 is 3.12 bits per heavy atom. The third-order valence-electron chi connectivity index (χ3n) is 3.29. The Balaban J connectivity index is 1.92. The number of likely N-dealkylation sites (N-methyl/N-ethyl adjacent to an activating group) is 1. The lowest BCUT2D eigenvalue weighted by molar-refractivity contribution is 0.163. The minimum Gasteiger partial charge on any atom is -0.327 e. The number of hydrogen-bond acceptors (Lipinski definition) is 6. The molecule has 0 spiro atoms. The lowest BCUT2D eigenvalue weighted by Gasteiger charge is -2.34. The van der Waals surface area contributed by atoms with Crippen molar-refractivity contribution < 1.29 is 0 Å². The van der Waals surface area contributed by atoms with E-state index in [1.807, 2.05) is 6.20 Å². The summed E-state index contributed by atoms with van der Waals surface area (Å²) in [6, 6.07) is 0.571. The van der Waals surface area contributed by atoms with Crippen LogP contribution in [0.2, 0.25) is 0 Å². The largest absolute Gasteiger partial charge is 0.327 e. The SMILES string of the molecule is CN1CC(N)CCC1c1ncc2sncc2n1. The van der Waals surface area contributed by atoms with Crippen LogP contribution in [0.15, 0.2) is 12.4 Å². The summed E-state index contributed by atoms with van der Waals surface area (Å²) in [4.78, 5) is 11.3. The fourth-order valence-electron chi connectivity index (χ4n) is 2.36. The highest BCUT2D eigenvalue weighted by Crippen LogP contribution is 2.28. The molecule has 3 heterocycles. The normalized spacial score (nSPS) is 26.5. The van der Waals surface area contributed by atoms with Crippen molar-refractivity contribution >= 4 is 21.7 Å². The number of nitrogens with two attached hydrogens (primary N) is 1. The zero-order valence-electron chi connectivity index (χ0n) is 9.71. The maximum absolute atomic E-state index is 5.95. The fourth-order valence-corrected chi connectivity index (χ4v) is 2.92. The fraction of sp³-hybridized carbons (Fsp3) is 0.545. The summed E-state index contributed by atoms with van der Waals surface area (Å²) >= 11 is 1.44. The van der Waals surface area contributed by atoms with Gasteiger partial charge in [0.25, 0.3) is 0 Å². The molecule has 2 aromatic heterocycles. The van der Waals surface area contributed by atoms with E-state index < -0.39 is 0 Å². The Hall–Kier alpha value is -1.11. The van der Waals surface area contributed by atoms with Gasteiger partial charge >= 0.3 is 0 Å². The van der Waals surface area contributed by atoms with Crippen LogP contribution in [0.5, 0.6) is 0 Å². The second-order valence-corrected chi connectivity index (χ2v) is 5.43. The van der Waals surface area contributed by atoms with E-state index in [2.05, 4.69) is 26.3 Å². The summed E-state index contributed by atoms with van der Waals surface area (Å²) in [5, 5.41) is 0. The molecule has 2 atom stereocenters. The summed E-state index contributed by atoms with van der Waals surface area (Å²) in [5.74, 6) is 0.895. The Labute approximate surface area is 104 Å². The van der Waals surface area contributed by atoms with Gasteiger partial charge in [-0.05, 0) is 31.4 Å². The van der Waals surface area contributed by atoms with Gasteiger partial charge in [0.15, 0.2) is 0 Å². The van der Waals surface area contributed by atoms with Crippen LogP contribution >= 0.6 is 11.5 Å². The van der Waals surface area contributed by atoms with Crippen LogP contribution in [0.3, 0.4) is 0 Å². The highest BCUT2D eigenvalue weighted by atomic mass is 32.1. The number of hydrogen-bond donors (Lipinski definition) is 1. The molecule has 0 radical (unpaired) electrons. The quantitative estimate of drug-likeness (QED) is 0.822. The Morgan fingerprint density at radius 1 is 1.41 bits per heavy atom. The molecule has 0 aromatic carbocycles. The lowest BCUT2D eigenvalue weighted by atomic mass is 9.99. The summed E-state index contributed by atoms with van der Waals surface area (Å²) in [7, 11) is 2.09. The molecule has 2 aromatic rings. The number of fused-ring (bicyclic) bond motifs is 1. The van der Waals surface area contributed by atoms with Gasteiger partial charge in [0.1, 0.15) is 11.3 Å². The monoisotopic (exact) mass is 249 g/mol. The first-order valence-corrected chi connectivity index (χ1v) is 6.54. The van der Waals surface area contributed by atoms with Crippen LogP contribution in [-0.2, 0) is 0 Å². The highest BCUT2D eigenvalue weighted by molar-refractivity contribution is 7.13. The van der Waals surface area contributed by atoms with Crippen molar-refractivity contribution in [1.82, 2.24) is 19.2 Å². The molecular formula is C11H15N5S. The van der Waals surface area contributed by atoms with Gasteiger partial charge in [-0.15, -0.1) is 0 Å². The molecule has 1 aliphatic rings. The standard InChI is InChI=1S/C11H15N5S/c1-16-6-7(12)2-3-9(16)11-13-5-10-8(15-11)4-14-17-10/h4-5,7,9H,2-3,6,12H2,1H3. The van der Waals surface area contributed by atoms with Gasteiger partial charge in [0, 0.05) is 12.6 Å². The number of nitrogens with zero attached hydrogens (tertiary/aromatic N) is 4. The van der Waals surface area contributed by atoms with Gasteiger partial charge in [0.2, 0.25) is 0 Å². The molecule has 1 aliphatic heterocycles. The Bertz CT molecular complexity index is 525. The molecule has 1 fully saturated rings. The van der Waals surface area contributed by atoms with E-state index in [4.69, 9.17) is 5.73 Å². The maximum Gasteiger partial charge on any atom is 0.146 e. The highest BCUT2D eigenvalue weighted by Gasteiger charge is 2.26. The molecule has 0 amide bonds. The van der Waals surface area contributed by atoms with Crippen molar-refractivity contribution in [1.29, 1.82) is 0 Å². The van der Waals surface area contributed by atoms with Crippen LogP contribution in [0.4, 0.5) is 0 Å². The lowest BCUT2D eigenvalue weighted by Crippen LogP contribution is -2.42. The number of rotatable bonds is 1. The van der Waals surface area contributed by atoms with E-state index in [1.165, 1.54) is 11.5 Å². The molecule has 6 heteroatoms. The first-order valence-electron chi connectivity index (χ1n) is 5.77. The second-order valence-electron chi connectivity index (χ2n) is 4.60. The molecule has 5 nitrogen and oxygen atoms in total. The smallest absolute Gasteiger partial charge is 0.146 e. The summed E-state index contributed by atoms with van der Waals surface area (Å²) < 4.78 is 5.17. The van der Waals surface area contributed by atoms with Gasteiger partial charge in [-0.3, -0.25) is 4.90 Å². The average molecular weight is 249 g/mol. The first-order chi connectivity index (χ1) is 8.24. The number of aromatic nitrogens is 3. The molecular weight excluding hydrogens is 234 g/mol. The number of likely N-dealkylation sites (tertiary alicyclic amines) is 1. The van der Waals surface area contributed by atoms with Crippen molar-refractivity contribution in [2.24, 2.45) is 5.73 Å². The first kappa shape index (κ1) is 11.0. The molecule has 2 unspecified atom stereocenters. The minimum absolute atomic E-state index is 0.280. The van der Waals surface area contributed by atoms with Crippen molar-refractivity contribution in [3.8, 4) is 0 Å². The zero-order valence-corrected chi connectivity index (χ0v) is 10.5. The summed E-state index contributed by atoms with van der Waals surface area (Å²) in [5.41, 5.74) is 6.90. The van der Waals surface area contributed by atoms with E-state index >= 15 is 0 Å².